The van der Waals surface area contributed by atoms with E-state index < -0.39 is 0 Å². The summed E-state index contributed by atoms with van der Waals surface area (Å²) in [5.74, 6) is 2.92. The topological polar surface area (TPSA) is 3.24 Å². The molecule has 2 saturated carbocycles. The summed E-state index contributed by atoms with van der Waals surface area (Å²) in [6.07, 6.45) is 4.47. The minimum atomic E-state index is 0.503. The third kappa shape index (κ3) is 0.834. The van der Waals surface area contributed by atoms with Crippen LogP contribution in [0.4, 0.5) is 0 Å². The van der Waals surface area contributed by atoms with Crippen molar-refractivity contribution >= 4 is 0 Å². The molecule has 4 unspecified atom stereocenters. The molecule has 0 heterocycles. The Balaban J connectivity index is 2.26. The summed E-state index contributed by atoms with van der Waals surface area (Å²) in [6, 6.07) is 0. The summed E-state index contributed by atoms with van der Waals surface area (Å²) >= 11 is 0. The van der Waals surface area contributed by atoms with Crippen molar-refractivity contribution in [2.45, 2.75) is 38.6 Å². The highest BCUT2D eigenvalue weighted by molar-refractivity contribution is 5.07. The van der Waals surface area contributed by atoms with E-state index in [1.807, 2.05) is 0 Å². The molecule has 1 nitrogen and oxygen atoms in total. The van der Waals surface area contributed by atoms with Crippen molar-refractivity contribution in [3.8, 4) is 0 Å². The zero-order valence-corrected chi connectivity index (χ0v) is 8.80. The monoisotopic (exact) mass is 167 g/mol. The largest absolute Gasteiger partial charge is 0.303 e. The second kappa shape index (κ2) is 2.47. The van der Waals surface area contributed by atoms with Crippen molar-refractivity contribution in [1.29, 1.82) is 0 Å². The Hall–Kier alpha value is -0.0400. The van der Waals surface area contributed by atoms with E-state index in [0.29, 0.717) is 5.54 Å². The van der Waals surface area contributed by atoms with Gasteiger partial charge in [-0.3, -0.25) is 0 Å². The highest BCUT2D eigenvalue weighted by atomic mass is 15.2. The van der Waals surface area contributed by atoms with Crippen molar-refractivity contribution in [1.82, 2.24) is 4.90 Å². The summed E-state index contributed by atoms with van der Waals surface area (Å²) in [5, 5.41) is 0. The van der Waals surface area contributed by atoms with Crippen LogP contribution in [0.3, 0.4) is 0 Å². The molecular formula is C11H21N. The molecule has 0 radical (unpaired) electrons. The molecule has 2 bridgehead atoms. The van der Waals surface area contributed by atoms with Crippen molar-refractivity contribution < 1.29 is 0 Å². The van der Waals surface area contributed by atoms with Crippen molar-refractivity contribution in [3.05, 3.63) is 0 Å². The van der Waals surface area contributed by atoms with Crippen LogP contribution in [0.2, 0.25) is 0 Å². The predicted octanol–water partition coefficient (Wildman–Crippen LogP) is 2.37. The second-order valence-electron chi connectivity index (χ2n) is 5.18. The quantitative estimate of drug-likeness (QED) is 0.579. The van der Waals surface area contributed by atoms with Gasteiger partial charge in [0.05, 0.1) is 0 Å². The second-order valence-corrected chi connectivity index (χ2v) is 5.18. The minimum absolute atomic E-state index is 0.503. The highest BCUT2D eigenvalue weighted by Gasteiger charge is 2.54. The maximum Gasteiger partial charge on any atom is 0.0231 e. The molecule has 2 rings (SSSR count). The summed E-state index contributed by atoms with van der Waals surface area (Å²) in [6.45, 7) is 4.91. The molecule has 0 amide bonds. The summed E-state index contributed by atoms with van der Waals surface area (Å²) < 4.78 is 0. The van der Waals surface area contributed by atoms with Crippen molar-refractivity contribution in [2.24, 2.45) is 17.8 Å². The van der Waals surface area contributed by atoms with Gasteiger partial charge in [-0.2, -0.15) is 0 Å². The van der Waals surface area contributed by atoms with Crippen LogP contribution in [-0.2, 0) is 0 Å². The van der Waals surface area contributed by atoms with Crippen molar-refractivity contribution in [3.63, 3.8) is 0 Å². The zero-order valence-electron chi connectivity index (χ0n) is 8.80. The molecule has 0 aromatic heterocycles. The molecule has 4 atom stereocenters. The average molecular weight is 167 g/mol. The van der Waals surface area contributed by atoms with Gasteiger partial charge in [0.15, 0.2) is 0 Å². The van der Waals surface area contributed by atoms with Crippen LogP contribution < -0.4 is 0 Å². The Kier molecular flexibility index (Phi) is 1.76. The highest BCUT2D eigenvalue weighted by Crippen LogP contribution is 2.56. The van der Waals surface area contributed by atoms with E-state index in [-0.39, 0.29) is 0 Å². The average Bonchev–Trinajstić information content (AvgIpc) is 2.55. The number of nitrogens with zero attached hydrogens (tertiary/aromatic N) is 1. The van der Waals surface area contributed by atoms with Gasteiger partial charge >= 0.3 is 0 Å². The van der Waals surface area contributed by atoms with Gasteiger partial charge in [0.2, 0.25) is 0 Å². The Morgan fingerprint density at radius 1 is 1.25 bits per heavy atom. The lowest BCUT2D eigenvalue weighted by atomic mass is 9.74. The molecule has 0 aromatic carbocycles. The first-order valence-electron chi connectivity index (χ1n) is 5.24. The lowest BCUT2D eigenvalue weighted by molar-refractivity contribution is 0.0514. The third-order valence-electron chi connectivity index (χ3n) is 4.89. The molecule has 0 spiro atoms. The lowest BCUT2D eigenvalue weighted by Gasteiger charge is -2.45. The summed E-state index contributed by atoms with van der Waals surface area (Å²) in [7, 11) is 4.49. The molecular weight excluding hydrogens is 146 g/mol. The van der Waals surface area contributed by atoms with E-state index in [0.717, 1.165) is 17.8 Å². The van der Waals surface area contributed by atoms with Gasteiger partial charge in [0.25, 0.3) is 0 Å². The fourth-order valence-electron chi connectivity index (χ4n) is 3.62. The van der Waals surface area contributed by atoms with Crippen LogP contribution in [0.5, 0.6) is 0 Å². The normalized spacial score (nSPS) is 52.2. The van der Waals surface area contributed by atoms with Gasteiger partial charge in [0, 0.05) is 5.54 Å². The number of hydrogen-bond acceptors (Lipinski definition) is 1. The van der Waals surface area contributed by atoms with E-state index >= 15 is 0 Å². The van der Waals surface area contributed by atoms with Crippen LogP contribution in [0.15, 0.2) is 0 Å². The van der Waals surface area contributed by atoms with Crippen LogP contribution in [0.1, 0.15) is 33.1 Å². The first-order valence-corrected chi connectivity index (χ1v) is 5.24. The van der Waals surface area contributed by atoms with E-state index in [2.05, 4.69) is 32.8 Å². The van der Waals surface area contributed by atoms with Crippen LogP contribution in [-0.4, -0.2) is 24.5 Å². The van der Waals surface area contributed by atoms with E-state index in [1.165, 1.54) is 19.3 Å². The summed E-state index contributed by atoms with van der Waals surface area (Å²) in [4.78, 5) is 2.46. The van der Waals surface area contributed by atoms with Crippen molar-refractivity contribution in [2.75, 3.05) is 14.1 Å². The van der Waals surface area contributed by atoms with Gasteiger partial charge in [-0.25, -0.2) is 0 Å². The first-order chi connectivity index (χ1) is 5.56. The molecule has 1 heteroatoms. The Bertz CT molecular complexity index is 183. The lowest BCUT2D eigenvalue weighted by Crippen LogP contribution is -2.50. The SMILES string of the molecule is CC1C2CCC(C2)C1(C)N(C)C. The molecule has 70 valence electrons. The van der Waals surface area contributed by atoms with Gasteiger partial charge < -0.3 is 4.90 Å². The summed E-state index contributed by atoms with van der Waals surface area (Å²) in [5.41, 5.74) is 0.503. The number of hydrogen-bond donors (Lipinski definition) is 0. The molecule has 12 heavy (non-hydrogen) atoms. The van der Waals surface area contributed by atoms with Crippen LogP contribution in [0, 0.1) is 17.8 Å². The standard InChI is InChI=1S/C11H21N/c1-8-9-5-6-10(7-9)11(8,2)12(3)4/h8-10H,5-7H2,1-4H3. The number of rotatable bonds is 1. The fourth-order valence-corrected chi connectivity index (χ4v) is 3.62. The maximum absolute atomic E-state index is 2.46. The van der Waals surface area contributed by atoms with E-state index in [9.17, 15) is 0 Å². The molecule has 0 N–H and O–H groups in total. The Labute approximate surface area is 76.1 Å². The van der Waals surface area contributed by atoms with Gasteiger partial charge in [-0.1, -0.05) is 6.92 Å². The van der Waals surface area contributed by atoms with Gasteiger partial charge in [-0.15, -0.1) is 0 Å². The fraction of sp³-hybridized carbons (Fsp3) is 1.00. The predicted molar refractivity (Wildman–Crippen MR) is 52.1 cm³/mol. The maximum atomic E-state index is 2.46. The molecule has 0 aliphatic heterocycles. The first kappa shape index (κ1) is 8.55. The third-order valence-corrected chi connectivity index (χ3v) is 4.89. The van der Waals surface area contributed by atoms with Crippen LogP contribution in [0.25, 0.3) is 0 Å². The molecule has 0 aromatic rings. The van der Waals surface area contributed by atoms with Crippen LogP contribution >= 0.6 is 0 Å². The Morgan fingerprint density at radius 3 is 2.25 bits per heavy atom. The molecule has 2 aliphatic carbocycles. The van der Waals surface area contributed by atoms with E-state index in [1.54, 1.807) is 0 Å². The molecule has 2 aliphatic rings. The number of fused-ring (bicyclic) bond motifs is 2. The molecule has 2 fully saturated rings. The van der Waals surface area contributed by atoms with E-state index in [4.69, 9.17) is 0 Å². The molecule has 0 saturated heterocycles. The minimum Gasteiger partial charge on any atom is -0.303 e. The zero-order chi connectivity index (χ0) is 8.93. The smallest absolute Gasteiger partial charge is 0.0231 e. The van der Waals surface area contributed by atoms with Gasteiger partial charge in [-0.05, 0) is 58.0 Å². The van der Waals surface area contributed by atoms with Gasteiger partial charge in [0.1, 0.15) is 0 Å². The Morgan fingerprint density at radius 2 is 1.92 bits per heavy atom.